The number of aryl methyl sites for hydroxylation is 1. The van der Waals surface area contributed by atoms with Crippen molar-refractivity contribution in [2.45, 2.75) is 6.92 Å². The summed E-state index contributed by atoms with van der Waals surface area (Å²) in [6.45, 7) is 2.08. The summed E-state index contributed by atoms with van der Waals surface area (Å²) in [6, 6.07) is 20.7. The van der Waals surface area contributed by atoms with Gasteiger partial charge in [-0.25, -0.2) is 0 Å². The molecule has 20 heavy (non-hydrogen) atoms. The highest BCUT2D eigenvalue weighted by molar-refractivity contribution is 9.10. The first-order valence-electron chi connectivity index (χ1n) is 6.50. The Hall–Kier alpha value is -2.04. The second-order valence-electron chi connectivity index (χ2n) is 4.76. The Labute approximate surface area is 127 Å². The van der Waals surface area contributed by atoms with E-state index in [0.717, 1.165) is 15.6 Å². The van der Waals surface area contributed by atoms with Crippen LogP contribution in [0.15, 0.2) is 65.1 Å². The zero-order chi connectivity index (χ0) is 13.9. The zero-order valence-corrected chi connectivity index (χ0v) is 12.7. The molecular weight excluding hydrogens is 308 g/mol. The van der Waals surface area contributed by atoms with Crippen molar-refractivity contribution >= 4 is 26.7 Å². The van der Waals surface area contributed by atoms with Gasteiger partial charge in [-0.05, 0) is 42.0 Å². The van der Waals surface area contributed by atoms with E-state index in [1.54, 1.807) is 0 Å². The quantitative estimate of drug-likeness (QED) is 0.492. The summed E-state index contributed by atoms with van der Waals surface area (Å²) in [4.78, 5) is 0. The maximum Gasteiger partial charge on any atom is 0.0328 e. The third kappa shape index (κ3) is 2.61. The molecule has 0 aliphatic carbocycles. The van der Waals surface area contributed by atoms with Crippen LogP contribution in [-0.4, -0.2) is 0 Å². The van der Waals surface area contributed by atoms with Gasteiger partial charge in [0.1, 0.15) is 0 Å². The second kappa shape index (κ2) is 5.53. The Balaban J connectivity index is 2.08. The summed E-state index contributed by atoms with van der Waals surface area (Å²) in [6.07, 6.45) is 0. The third-order valence-electron chi connectivity index (χ3n) is 3.26. The highest BCUT2D eigenvalue weighted by atomic mass is 79.9. The van der Waals surface area contributed by atoms with Crippen molar-refractivity contribution in [2.24, 2.45) is 0 Å². The normalized spacial score (nSPS) is 10.1. The Morgan fingerprint density at radius 2 is 1.45 bits per heavy atom. The number of hydrogen-bond acceptors (Lipinski definition) is 0. The predicted octanol–water partition coefficient (Wildman–Crippen LogP) is 5.31. The van der Waals surface area contributed by atoms with E-state index in [0.29, 0.717) is 0 Å². The first-order chi connectivity index (χ1) is 9.74. The summed E-state index contributed by atoms with van der Waals surface area (Å²) < 4.78 is 1.11. The number of halogens is 1. The molecule has 0 saturated heterocycles. The molecule has 0 amide bonds. The Bertz CT molecular complexity index is 818. The molecule has 0 aliphatic rings. The molecule has 0 saturated carbocycles. The molecule has 0 N–H and O–H groups in total. The van der Waals surface area contributed by atoms with Gasteiger partial charge in [-0.15, -0.1) is 0 Å². The number of hydrogen-bond donors (Lipinski definition) is 0. The van der Waals surface area contributed by atoms with Crippen LogP contribution in [0.2, 0.25) is 0 Å². The molecule has 1 heteroatoms. The molecule has 3 aromatic rings. The van der Waals surface area contributed by atoms with Gasteiger partial charge < -0.3 is 0 Å². The van der Waals surface area contributed by atoms with E-state index in [9.17, 15) is 0 Å². The van der Waals surface area contributed by atoms with Crippen LogP contribution in [0, 0.1) is 18.8 Å². The maximum atomic E-state index is 3.59. The van der Waals surface area contributed by atoms with E-state index in [2.05, 4.69) is 83.2 Å². The van der Waals surface area contributed by atoms with Crippen LogP contribution in [0.3, 0.4) is 0 Å². The lowest BCUT2D eigenvalue weighted by molar-refractivity contribution is 1.46. The molecule has 0 radical (unpaired) electrons. The summed E-state index contributed by atoms with van der Waals surface area (Å²) in [7, 11) is 0. The van der Waals surface area contributed by atoms with E-state index in [1.165, 1.54) is 16.3 Å². The van der Waals surface area contributed by atoms with Crippen LogP contribution in [0.5, 0.6) is 0 Å². The van der Waals surface area contributed by atoms with Gasteiger partial charge in [-0.3, -0.25) is 0 Å². The summed E-state index contributed by atoms with van der Waals surface area (Å²) in [5, 5.41) is 2.38. The fourth-order valence-electron chi connectivity index (χ4n) is 2.15. The molecule has 0 heterocycles. The van der Waals surface area contributed by atoms with E-state index < -0.39 is 0 Å². The smallest absolute Gasteiger partial charge is 0.0328 e. The predicted molar refractivity (Wildman–Crippen MR) is 88.8 cm³/mol. The molecule has 0 atom stereocenters. The van der Waals surface area contributed by atoms with E-state index in [-0.39, 0.29) is 0 Å². The van der Waals surface area contributed by atoms with Gasteiger partial charge in [0, 0.05) is 15.6 Å². The number of fused-ring (bicyclic) bond motifs is 1. The zero-order valence-electron chi connectivity index (χ0n) is 11.2. The third-order valence-corrected chi connectivity index (χ3v) is 3.96. The molecule has 0 spiro atoms. The van der Waals surface area contributed by atoms with Crippen molar-refractivity contribution in [3.63, 3.8) is 0 Å². The van der Waals surface area contributed by atoms with Crippen LogP contribution in [0.4, 0.5) is 0 Å². The molecule has 0 aromatic heterocycles. The molecule has 96 valence electrons. The van der Waals surface area contributed by atoms with E-state index in [4.69, 9.17) is 0 Å². The average molecular weight is 321 g/mol. The van der Waals surface area contributed by atoms with Gasteiger partial charge in [0.25, 0.3) is 0 Å². The molecule has 0 fully saturated rings. The SMILES string of the molecule is Cc1ccc(C#Cc2ccc(Br)c3ccccc23)cc1. The van der Waals surface area contributed by atoms with Crippen LogP contribution >= 0.6 is 15.9 Å². The van der Waals surface area contributed by atoms with Crippen molar-refractivity contribution in [2.75, 3.05) is 0 Å². The van der Waals surface area contributed by atoms with Gasteiger partial charge in [0.05, 0.1) is 0 Å². The van der Waals surface area contributed by atoms with Gasteiger partial charge in [-0.2, -0.15) is 0 Å². The first-order valence-corrected chi connectivity index (χ1v) is 7.29. The van der Waals surface area contributed by atoms with Crippen LogP contribution < -0.4 is 0 Å². The number of rotatable bonds is 0. The Morgan fingerprint density at radius 1 is 0.750 bits per heavy atom. The maximum absolute atomic E-state index is 3.59. The number of benzene rings is 3. The fraction of sp³-hybridized carbons (Fsp3) is 0.0526. The van der Waals surface area contributed by atoms with Crippen molar-refractivity contribution < 1.29 is 0 Å². The van der Waals surface area contributed by atoms with Gasteiger partial charge in [-0.1, -0.05) is 69.7 Å². The minimum atomic E-state index is 1.04. The summed E-state index contributed by atoms with van der Waals surface area (Å²) >= 11 is 3.59. The Kier molecular flexibility index (Phi) is 3.58. The Morgan fingerprint density at radius 3 is 2.20 bits per heavy atom. The summed E-state index contributed by atoms with van der Waals surface area (Å²) in [5.74, 6) is 6.51. The lowest BCUT2D eigenvalue weighted by Gasteiger charge is -2.02. The van der Waals surface area contributed by atoms with Crippen molar-refractivity contribution in [3.8, 4) is 11.8 Å². The molecule has 3 aromatic carbocycles. The molecule has 0 nitrogen and oxygen atoms in total. The molecule has 3 rings (SSSR count). The lowest BCUT2D eigenvalue weighted by Crippen LogP contribution is -1.82. The molecular formula is C19H13Br. The molecule has 0 aliphatic heterocycles. The first kappa shape index (κ1) is 13.0. The van der Waals surface area contributed by atoms with Gasteiger partial charge in [0.15, 0.2) is 0 Å². The van der Waals surface area contributed by atoms with Crippen LogP contribution in [0.1, 0.15) is 16.7 Å². The lowest BCUT2D eigenvalue weighted by atomic mass is 10.0. The monoisotopic (exact) mass is 320 g/mol. The fourth-order valence-corrected chi connectivity index (χ4v) is 2.63. The van der Waals surface area contributed by atoms with Crippen LogP contribution in [-0.2, 0) is 0 Å². The standard InChI is InChI=1S/C19H13Br/c1-14-6-8-15(9-7-14)10-11-16-12-13-19(20)18-5-3-2-4-17(16)18/h2-9,12-13H,1H3. The van der Waals surface area contributed by atoms with Crippen molar-refractivity contribution in [1.82, 2.24) is 0 Å². The van der Waals surface area contributed by atoms with Crippen LogP contribution in [0.25, 0.3) is 10.8 Å². The largest absolute Gasteiger partial charge is 0.0616 e. The topological polar surface area (TPSA) is 0 Å². The van der Waals surface area contributed by atoms with Crippen molar-refractivity contribution in [1.29, 1.82) is 0 Å². The van der Waals surface area contributed by atoms with E-state index >= 15 is 0 Å². The molecule has 0 unspecified atom stereocenters. The van der Waals surface area contributed by atoms with Crippen molar-refractivity contribution in [3.05, 3.63) is 81.8 Å². The van der Waals surface area contributed by atoms with E-state index in [1.807, 2.05) is 12.1 Å². The second-order valence-corrected chi connectivity index (χ2v) is 5.61. The minimum Gasteiger partial charge on any atom is -0.0616 e. The highest BCUT2D eigenvalue weighted by Gasteiger charge is 2.01. The summed E-state index contributed by atoms with van der Waals surface area (Å²) in [5.41, 5.74) is 3.36. The average Bonchev–Trinajstić information content (AvgIpc) is 2.49. The van der Waals surface area contributed by atoms with Gasteiger partial charge >= 0.3 is 0 Å². The highest BCUT2D eigenvalue weighted by Crippen LogP contribution is 2.26. The molecule has 0 bridgehead atoms. The van der Waals surface area contributed by atoms with Gasteiger partial charge in [0.2, 0.25) is 0 Å². The minimum absolute atomic E-state index is 1.04.